The lowest BCUT2D eigenvalue weighted by atomic mass is 10.2. The number of aromatic nitrogens is 1. The fraction of sp³-hybridized carbons (Fsp3) is 0.188. The largest absolute Gasteiger partial charge is 0.383 e. The summed E-state index contributed by atoms with van der Waals surface area (Å²) in [5.41, 5.74) is 1.53. The van der Waals surface area contributed by atoms with Gasteiger partial charge >= 0.3 is 0 Å². The molecule has 0 fully saturated rings. The average Bonchev–Trinajstić information content (AvgIpc) is 3.13. The zero-order chi connectivity index (χ0) is 15.5. The summed E-state index contributed by atoms with van der Waals surface area (Å²) < 4.78 is 4.97. The van der Waals surface area contributed by atoms with Gasteiger partial charge in [0.2, 0.25) is 0 Å². The fourth-order valence-electron chi connectivity index (χ4n) is 2.42. The van der Waals surface area contributed by atoms with Gasteiger partial charge in [0.25, 0.3) is 5.91 Å². The number of amides is 1. The van der Waals surface area contributed by atoms with Crippen molar-refractivity contribution >= 4 is 39.3 Å². The predicted molar refractivity (Wildman–Crippen MR) is 93.0 cm³/mol. The first-order valence-electron chi connectivity index (χ1n) is 6.92. The van der Waals surface area contributed by atoms with E-state index < -0.39 is 10.9 Å². The number of carbonyl (C=O) groups is 1. The number of allylic oxidation sites excluding steroid dienone is 2. The Morgan fingerprint density at radius 1 is 1.36 bits per heavy atom. The van der Waals surface area contributed by atoms with Crippen molar-refractivity contribution < 1.29 is 9.53 Å². The van der Waals surface area contributed by atoms with Crippen LogP contribution in [0.25, 0.3) is 10.9 Å². The van der Waals surface area contributed by atoms with Crippen LogP contribution in [0.1, 0.15) is 10.5 Å². The van der Waals surface area contributed by atoms with Crippen LogP contribution >= 0.6 is 22.5 Å². The van der Waals surface area contributed by atoms with Gasteiger partial charge in [0.05, 0.1) is 6.61 Å². The molecule has 0 spiro atoms. The zero-order valence-corrected chi connectivity index (χ0v) is 13.7. The van der Waals surface area contributed by atoms with Crippen LogP contribution in [0.2, 0.25) is 5.02 Å². The summed E-state index contributed by atoms with van der Waals surface area (Å²) in [6.07, 6.45) is 4.03. The number of hydrogen-bond acceptors (Lipinski definition) is 2. The van der Waals surface area contributed by atoms with Crippen molar-refractivity contribution in [2.24, 2.45) is 0 Å². The number of ether oxygens (including phenoxy) is 1. The van der Waals surface area contributed by atoms with E-state index in [0.29, 0.717) is 23.9 Å². The van der Waals surface area contributed by atoms with Crippen LogP contribution in [0.5, 0.6) is 0 Å². The van der Waals surface area contributed by atoms with Gasteiger partial charge in [0, 0.05) is 34.5 Å². The normalized spacial score (nSPS) is 14.9. The van der Waals surface area contributed by atoms with Gasteiger partial charge in [-0.2, -0.15) is 10.9 Å². The van der Waals surface area contributed by atoms with Crippen molar-refractivity contribution in [1.29, 1.82) is 0 Å². The second-order valence-electron chi connectivity index (χ2n) is 4.88. The topological polar surface area (TPSA) is 54.1 Å². The monoisotopic (exact) mass is 336 g/mol. The summed E-state index contributed by atoms with van der Waals surface area (Å²) in [4.78, 5) is 16.7. The number of halogens is 1. The van der Waals surface area contributed by atoms with E-state index in [2.05, 4.69) is 21.1 Å². The van der Waals surface area contributed by atoms with Crippen molar-refractivity contribution in [3.05, 3.63) is 51.9 Å². The van der Waals surface area contributed by atoms with Gasteiger partial charge in [-0.25, -0.2) is 0 Å². The van der Waals surface area contributed by atoms with Crippen molar-refractivity contribution in [2.75, 3.05) is 20.3 Å². The third-order valence-electron chi connectivity index (χ3n) is 3.41. The molecule has 4 nitrogen and oxygen atoms in total. The number of fused-ring (bicyclic) bond motifs is 1. The molecule has 0 unspecified atom stereocenters. The molecule has 0 atom stereocenters. The molecule has 0 aliphatic carbocycles. The molecule has 2 heterocycles. The highest BCUT2D eigenvalue weighted by atomic mass is 35.5. The summed E-state index contributed by atoms with van der Waals surface area (Å²) in [6.45, 7) is 0.968. The van der Waals surface area contributed by atoms with Crippen LogP contribution in [0.3, 0.4) is 0 Å². The molecular formula is C16H17ClN2O2S. The van der Waals surface area contributed by atoms with Gasteiger partial charge < -0.3 is 15.0 Å². The molecule has 1 aromatic carbocycles. The van der Waals surface area contributed by atoms with E-state index in [4.69, 9.17) is 16.3 Å². The summed E-state index contributed by atoms with van der Waals surface area (Å²) in [6, 6.07) is 5.65. The molecular weight excluding hydrogens is 320 g/mol. The number of H-pyrrole nitrogens is 1. The molecule has 0 saturated heterocycles. The Balaban J connectivity index is 2.04. The Kier molecular flexibility index (Phi) is 4.57. The van der Waals surface area contributed by atoms with E-state index in [0.717, 1.165) is 15.8 Å². The summed E-state index contributed by atoms with van der Waals surface area (Å²) >= 11 is 6.13. The fourth-order valence-corrected chi connectivity index (χ4v) is 4.44. The molecule has 2 N–H and O–H groups in total. The number of rotatable bonds is 5. The SMILES string of the molecule is COCCNC(=O)c1[nH]c2ccc(Cl)cc2c1[SH]1C=CC=C1. The van der Waals surface area contributed by atoms with E-state index in [1.54, 1.807) is 7.11 Å². The standard InChI is InChI=1S/C16H17ClN2O2S/c1-21-7-6-18-16(20)14-15(22-8-2-3-9-22)12-10-11(17)4-5-13(12)19-14/h2-5,8-10,19,22H,6-7H2,1H3,(H,18,20). The number of benzene rings is 1. The van der Waals surface area contributed by atoms with E-state index in [1.807, 2.05) is 30.4 Å². The van der Waals surface area contributed by atoms with Crippen LogP contribution in [-0.2, 0) is 4.74 Å². The zero-order valence-electron chi connectivity index (χ0n) is 12.1. The van der Waals surface area contributed by atoms with Gasteiger partial charge in [-0.05, 0) is 29.0 Å². The van der Waals surface area contributed by atoms with Crippen LogP contribution < -0.4 is 5.32 Å². The van der Waals surface area contributed by atoms with Gasteiger partial charge in [-0.15, -0.1) is 0 Å². The maximum atomic E-state index is 12.5. The molecule has 1 aliphatic heterocycles. The molecule has 22 heavy (non-hydrogen) atoms. The molecule has 6 heteroatoms. The quantitative estimate of drug-likeness (QED) is 0.577. The number of carbonyl (C=O) groups excluding carboxylic acids is 1. The lowest BCUT2D eigenvalue weighted by Gasteiger charge is -2.12. The molecule has 1 amide bonds. The minimum Gasteiger partial charge on any atom is -0.383 e. The predicted octanol–water partition coefficient (Wildman–Crippen LogP) is 3.60. The highest BCUT2D eigenvalue weighted by molar-refractivity contribution is 8.22. The second kappa shape index (κ2) is 6.60. The van der Waals surface area contributed by atoms with Gasteiger partial charge in [0.15, 0.2) is 0 Å². The summed E-state index contributed by atoms with van der Waals surface area (Å²) in [5.74, 6) is -0.115. The Bertz CT molecular complexity index is 755. The number of hydrogen-bond donors (Lipinski definition) is 3. The minimum absolute atomic E-state index is 0.115. The third-order valence-corrected chi connectivity index (χ3v) is 5.62. The van der Waals surface area contributed by atoms with Crippen molar-refractivity contribution in [2.45, 2.75) is 4.90 Å². The Morgan fingerprint density at radius 3 is 2.86 bits per heavy atom. The smallest absolute Gasteiger partial charge is 0.268 e. The maximum absolute atomic E-state index is 12.5. The lowest BCUT2D eigenvalue weighted by Crippen LogP contribution is -2.27. The lowest BCUT2D eigenvalue weighted by molar-refractivity contribution is 0.0930. The van der Waals surface area contributed by atoms with E-state index in [-0.39, 0.29) is 5.91 Å². The van der Waals surface area contributed by atoms with Gasteiger partial charge in [-0.1, -0.05) is 23.8 Å². The first-order chi connectivity index (χ1) is 10.7. The van der Waals surface area contributed by atoms with E-state index in [1.165, 1.54) is 0 Å². The Labute approximate surface area is 136 Å². The first-order valence-corrected chi connectivity index (χ1v) is 8.78. The third kappa shape index (κ3) is 2.92. The molecule has 0 saturated carbocycles. The average molecular weight is 337 g/mol. The van der Waals surface area contributed by atoms with Crippen molar-refractivity contribution in [3.8, 4) is 0 Å². The van der Waals surface area contributed by atoms with Gasteiger partial charge in [0.1, 0.15) is 5.69 Å². The molecule has 1 aliphatic rings. The Hall–Kier alpha value is -1.69. The van der Waals surface area contributed by atoms with Crippen LogP contribution in [0.4, 0.5) is 0 Å². The number of methoxy groups -OCH3 is 1. The van der Waals surface area contributed by atoms with Crippen molar-refractivity contribution in [1.82, 2.24) is 10.3 Å². The maximum Gasteiger partial charge on any atom is 0.268 e. The van der Waals surface area contributed by atoms with Crippen LogP contribution in [-0.4, -0.2) is 31.2 Å². The first kappa shape index (κ1) is 15.2. The second-order valence-corrected chi connectivity index (χ2v) is 7.17. The molecule has 116 valence electrons. The molecule has 1 aromatic heterocycles. The van der Waals surface area contributed by atoms with Crippen LogP contribution in [0, 0.1) is 0 Å². The van der Waals surface area contributed by atoms with Gasteiger partial charge in [-0.3, -0.25) is 4.79 Å². The minimum atomic E-state index is -0.630. The Morgan fingerprint density at radius 2 is 2.14 bits per heavy atom. The highest BCUT2D eigenvalue weighted by Gasteiger charge is 2.21. The number of aromatic amines is 1. The molecule has 0 radical (unpaired) electrons. The molecule has 0 bridgehead atoms. The highest BCUT2D eigenvalue weighted by Crippen LogP contribution is 2.48. The number of thiol groups is 1. The molecule has 3 rings (SSSR count). The number of nitrogens with one attached hydrogen (secondary N) is 2. The summed E-state index contributed by atoms with van der Waals surface area (Å²) in [5, 5.41) is 8.81. The van der Waals surface area contributed by atoms with E-state index >= 15 is 0 Å². The van der Waals surface area contributed by atoms with Crippen molar-refractivity contribution in [3.63, 3.8) is 0 Å². The molecule has 2 aromatic rings. The summed E-state index contributed by atoms with van der Waals surface area (Å²) in [7, 11) is 0.981. The van der Waals surface area contributed by atoms with E-state index in [9.17, 15) is 4.79 Å². The van der Waals surface area contributed by atoms with Crippen LogP contribution in [0.15, 0.2) is 46.1 Å².